The third-order valence-electron chi connectivity index (χ3n) is 5.22. The van der Waals surface area contributed by atoms with Crippen LogP contribution in [0.1, 0.15) is 40.0 Å². The number of nitrogens with zero attached hydrogens (tertiary/aromatic N) is 1. The summed E-state index contributed by atoms with van der Waals surface area (Å²) in [5.74, 6) is -0.658. The Hall–Kier alpha value is -3.67. The van der Waals surface area contributed by atoms with Gasteiger partial charge in [-0.05, 0) is 60.2 Å². The highest BCUT2D eigenvalue weighted by atomic mass is 16.5. The highest BCUT2D eigenvalue weighted by molar-refractivity contribution is 6.07. The van der Waals surface area contributed by atoms with Crippen molar-refractivity contribution in [3.63, 3.8) is 0 Å². The second kappa shape index (κ2) is 8.37. The Morgan fingerprint density at radius 3 is 2.67 bits per heavy atom. The van der Waals surface area contributed by atoms with E-state index in [0.29, 0.717) is 17.5 Å². The molecule has 0 spiro atoms. The largest absolute Gasteiger partial charge is 0.508 e. The molecule has 0 fully saturated rings. The fourth-order valence-electron chi connectivity index (χ4n) is 3.76. The molecule has 0 radical (unpaired) electrons. The number of nitrogens with one attached hydrogen (secondary N) is 1. The maximum Gasteiger partial charge on any atom is 0.339 e. The lowest BCUT2D eigenvalue weighted by molar-refractivity contribution is -0.123. The van der Waals surface area contributed by atoms with E-state index in [0.717, 1.165) is 40.6 Å². The number of esters is 1. The van der Waals surface area contributed by atoms with Crippen LogP contribution in [0.2, 0.25) is 0 Å². The Labute approximate surface area is 174 Å². The molecule has 1 aromatic heterocycles. The number of hydrogen-bond donors (Lipinski definition) is 2. The smallest absolute Gasteiger partial charge is 0.339 e. The van der Waals surface area contributed by atoms with Gasteiger partial charge in [-0.2, -0.15) is 0 Å². The minimum Gasteiger partial charge on any atom is -0.508 e. The van der Waals surface area contributed by atoms with Crippen LogP contribution in [-0.2, 0) is 16.0 Å². The molecule has 0 saturated heterocycles. The number of ether oxygens (including phenoxy) is 1. The van der Waals surface area contributed by atoms with E-state index >= 15 is 0 Å². The number of phenols is 1. The number of benzene rings is 2. The third kappa shape index (κ3) is 3.89. The number of para-hydroxylation sites is 1. The number of fused-ring (bicyclic) bond motifs is 2. The Bertz CT molecular complexity index is 1150. The Balaban J connectivity index is 1.83. The number of pyridine rings is 1. The summed E-state index contributed by atoms with van der Waals surface area (Å²) >= 11 is 0. The molecule has 2 aromatic carbocycles. The minimum absolute atomic E-state index is 0.214. The van der Waals surface area contributed by atoms with Crippen LogP contribution in [0.4, 0.5) is 0 Å². The molecule has 1 aliphatic carbocycles. The van der Waals surface area contributed by atoms with Gasteiger partial charge in [-0.15, -0.1) is 0 Å². The topological polar surface area (TPSA) is 88.5 Å². The van der Waals surface area contributed by atoms with E-state index in [1.807, 2.05) is 42.5 Å². The standard InChI is InChI=1S/C24H22N2O4/c1-25-21(28)14-30-24(29)22-18-6-2-3-8-20(18)26-23-16(5-4-7-19(22)23)13-15-9-11-17(27)12-10-15/h2-3,6,8-13,27H,4-5,7,14H2,1H3,(H,25,28). The van der Waals surface area contributed by atoms with Crippen molar-refractivity contribution in [2.24, 2.45) is 0 Å². The van der Waals surface area contributed by atoms with E-state index in [1.165, 1.54) is 7.05 Å². The molecule has 0 aliphatic heterocycles. The lowest BCUT2D eigenvalue weighted by atomic mass is 9.86. The fourth-order valence-corrected chi connectivity index (χ4v) is 3.76. The second-order valence-electron chi connectivity index (χ2n) is 7.20. The number of hydrogen-bond acceptors (Lipinski definition) is 5. The summed E-state index contributed by atoms with van der Waals surface area (Å²) in [5, 5.41) is 12.7. The second-order valence-corrected chi connectivity index (χ2v) is 7.20. The van der Waals surface area contributed by atoms with Crippen LogP contribution in [0.3, 0.4) is 0 Å². The van der Waals surface area contributed by atoms with Gasteiger partial charge in [0.05, 0.1) is 16.8 Å². The normalized spacial score (nSPS) is 14.4. The van der Waals surface area contributed by atoms with Crippen LogP contribution < -0.4 is 5.32 Å². The van der Waals surface area contributed by atoms with Crippen molar-refractivity contribution >= 4 is 34.4 Å². The monoisotopic (exact) mass is 402 g/mol. The summed E-state index contributed by atoms with van der Waals surface area (Å²) in [6, 6.07) is 14.5. The van der Waals surface area contributed by atoms with Gasteiger partial charge in [-0.1, -0.05) is 30.3 Å². The van der Waals surface area contributed by atoms with Crippen LogP contribution in [0.5, 0.6) is 5.75 Å². The van der Waals surface area contributed by atoms with E-state index in [2.05, 4.69) is 5.32 Å². The van der Waals surface area contributed by atoms with Crippen LogP contribution in [-0.4, -0.2) is 35.6 Å². The zero-order valence-electron chi connectivity index (χ0n) is 16.6. The van der Waals surface area contributed by atoms with Crippen molar-refractivity contribution in [1.29, 1.82) is 0 Å². The number of aromatic nitrogens is 1. The van der Waals surface area contributed by atoms with Gasteiger partial charge in [0, 0.05) is 12.4 Å². The average Bonchev–Trinajstić information content (AvgIpc) is 2.77. The first-order valence-corrected chi connectivity index (χ1v) is 9.86. The summed E-state index contributed by atoms with van der Waals surface area (Å²) in [5.41, 5.74) is 4.83. The van der Waals surface area contributed by atoms with Gasteiger partial charge >= 0.3 is 5.97 Å². The molecule has 152 valence electrons. The van der Waals surface area contributed by atoms with E-state index in [-0.39, 0.29) is 18.3 Å². The minimum atomic E-state index is -0.515. The molecule has 30 heavy (non-hydrogen) atoms. The molecule has 0 bridgehead atoms. The Morgan fingerprint density at radius 2 is 1.90 bits per heavy atom. The van der Waals surface area contributed by atoms with Gasteiger partial charge in [0.2, 0.25) is 0 Å². The lowest BCUT2D eigenvalue weighted by Crippen LogP contribution is -2.26. The van der Waals surface area contributed by atoms with Crippen molar-refractivity contribution in [3.05, 3.63) is 70.9 Å². The molecule has 6 nitrogen and oxygen atoms in total. The van der Waals surface area contributed by atoms with Gasteiger partial charge in [0.1, 0.15) is 5.75 Å². The zero-order chi connectivity index (χ0) is 21.1. The quantitative estimate of drug-likeness (QED) is 0.650. The van der Waals surface area contributed by atoms with E-state index in [4.69, 9.17) is 9.72 Å². The number of aromatic hydroxyl groups is 1. The maximum atomic E-state index is 13.0. The van der Waals surface area contributed by atoms with E-state index in [9.17, 15) is 14.7 Å². The molecule has 6 heteroatoms. The summed E-state index contributed by atoms with van der Waals surface area (Å²) in [7, 11) is 1.50. The Kier molecular flexibility index (Phi) is 5.48. The number of allylic oxidation sites excluding steroid dienone is 1. The molecule has 1 heterocycles. The molecule has 1 aliphatic rings. The number of likely N-dealkylation sites (N-methyl/N-ethyl adjacent to an activating group) is 1. The van der Waals surface area contributed by atoms with Gasteiger partial charge in [-0.3, -0.25) is 4.79 Å². The van der Waals surface area contributed by atoms with E-state index in [1.54, 1.807) is 12.1 Å². The van der Waals surface area contributed by atoms with Crippen LogP contribution in [0, 0.1) is 0 Å². The average molecular weight is 402 g/mol. The molecule has 2 N–H and O–H groups in total. The van der Waals surface area contributed by atoms with Gasteiger partial charge < -0.3 is 15.2 Å². The maximum absolute atomic E-state index is 13.0. The predicted octanol–water partition coefficient (Wildman–Crippen LogP) is 3.72. The van der Waals surface area contributed by atoms with Crippen molar-refractivity contribution in [3.8, 4) is 5.75 Å². The molecule has 0 atom stereocenters. The molecular weight excluding hydrogens is 380 g/mol. The van der Waals surface area contributed by atoms with Crippen molar-refractivity contribution in [2.75, 3.05) is 13.7 Å². The summed E-state index contributed by atoms with van der Waals surface area (Å²) in [6.07, 6.45) is 4.47. The summed E-state index contributed by atoms with van der Waals surface area (Å²) in [6.45, 7) is -0.322. The molecular formula is C24H22N2O4. The first-order valence-electron chi connectivity index (χ1n) is 9.86. The van der Waals surface area contributed by atoms with Crippen molar-refractivity contribution in [1.82, 2.24) is 10.3 Å². The SMILES string of the molecule is CNC(=O)COC(=O)c1c2c(nc3ccccc13)C(=Cc1ccc(O)cc1)CCC2. The first kappa shape index (κ1) is 19.6. The number of phenolic OH excluding ortho intramolecular Hbond substituents is 1. The zero-order valence-corrected chi connectivity index (χ0v) is 16.6. The first-order chi connectivity index (χ1) is 14.6. The predicted molar refractivity (Wildman–Crippen MR) is 115 cm³/mol. The van der Waals surface area contributed by atoms with Gasteiger partial charge in [-0.25, -0.2) is 9.78 Å². The highest BCUT2D eigenvalue weighted by Crippen LogP contribution is 2.36. The Morgan fingerprint density at radius 1 is 1.13 bits per heavy atom. The van der Waals surface area contributed by atoms with Crippen molar-refractivity contribution < 1.29 is 19.4 Å². The fraction of sp³-hybridized carbons (Fsp3) is 0.208. The molecule has 0 unspecified atom stereocenters. The summed E-state index contributed by atoms with van der Waals surface area (Å²) < 4.78 is 5.30. The number of carbonyl (C=O) groups excluding carboxylic acids is 2. The molecule has 1 amide bonds. The molecule has 3 aromatic rings. The lowest BCUT2D eigenvalue weighted by Gasteiger charge is -2.22. The molecule has 4 rings (SSSR count). The van der Waals surface area contributed by atoms with Crippen LogP contribution >= 0.6 is 0 Å². The van der Waals surface area contributed by atoms with Gasteiger partial charge in [0.15, 0.2) is 6.61 Å². The van der Waals surface area contributed by atoms with Crippen LogP contribution in [0.15, 0.2) is 48.5 Å². The van der Waals surface area contributed by atoms with Crippen LogP contribution in [0.25, 0.3) is 22.6 Å². The third-order valence-corrected chi connectivity index (χ3v) is 5.22. The number of rotatable bonds is 4. The summed E-state index contributed by atoms with van der Waals surface area (Å²) in [4.78, 5) is 29.4. The van der Waals surface area contributed by atoms with Gasteiger partial charge in [0.25, 0.3) is 5.91 Å². The van der Waals surface area contributed by atoms with Crippen molar-refractivity contribution in [2.45, 2.75) is 19.3 Å². The van der Waals surface area contributed by atoms with E-state index < -0.39 is 5.97 Å². The molecule has 0 saturated carbocycles. The number of carbonyl (C=O) groups is 2. The highest BCUT2D eigenvalue weighted by Gasteiger charge is 2.26. The number of amides is 1.